The highest BCUT2D eigenvalue weighted by Crippen LogP contribution is 2.10. The number of carboxylic acids is 1. The molecule has 2 heterocycles. The molecule has 108 valence electrons. The number of hydrogen-bond donors (Lipinski definition) is 2. The minimum atomic E-state index is -1.02. The summed E-state index contributed by atoms with van der Waals surface area (Å²) in [5, 5.41) is 11.9. The number of urea groups is 1. The predicted molar refractivity (Wildman–Crippen MR) is 68.0 cm³/mol. The normalized spacial score (nSPS) is 26.2. The number of aliphatic carboxylic acids is 1. The van der Waals surface area contributed by atoms with Crippen LogP contribution in [0.2, 0.25) is 0 Å². The zero-order chi connectivity index (χ0) is 13.8. The summed E-state index contributed by atoms with van der Waals surface area (Å²) < 4.78 is 5.10. The van der Waals surface area contributed by atoms with Crippen LogP contribution in [-0.2, 0) is 9.53 Å². The number of carboxylic acid groups (broad SMARTS) is 1. The molecule has 0 aliphatic carbocycles. The maximum Gasteiger partial charge on any atom is 0.334 e. The summed E-state index contributed by atoms with van der Waals surface area (Å²) in [6.45, 7) is 2.80. The first-order chi connectivity index (χ1) is 9.06. The molecule has 2 aliphatic rings. The summed E-state index contributed by atoms with van der Waals surface area (Å²) in [4.78, 5) is 26.7. The molecule has 0 spiro atoms. The largest absolute Gasteiger partial charge is 0.479 e. The van der Waals surface area contributed by atoms with Gasteiger partial charge in [0, 0.05) is 12.6 Å². The average Bonchev–Trinajstić information content (AvgIpc) is 2.41. The van der Waals surface area contributed by atoms with E-state index in [9.17, 15) is 9.59 Å². The number of morpholine rings is 1. The number of piperidine rings is 1. The van der Waals surface area contributed by atoms with E-state index in [2.05, 4.69) is 17.3 Å². The molecule has 1 unspecified atom stereocenters. The fraction of sp³-hybridized carbons (Fsp3) is 0.833. The van der Waals surface area contributed by atoms with Gasteiger partial charge in [0.1, 0.15) is 0 Å². The molecule has 2 fully saturated rings. The number of rotatable bonds is 2. The molecular weight excluding hydrogens is 250 g/mol. The maximum atomic E-state index is 12.1. The highest BCUT2D eigenvalue weighted by molar-refractivity contribution is 5.77. The number of amides is 2. The standard InChI is InChI=1S/C12H21N3O4/c1-14-4-2-9(3-5-14)13-12(18)15-6-7-19-10(8-15)11(16)17/h9-10H,2-8H2,1H3,(H,13,18)(H,16,17). The third-order valence-corrected chi connectivity index (χ3v) is 3.68. The van der Waals surface area contributed by atoms with E-state index in [1.807, 2.05) is 0 Å². The van der Waals surface area contributed by atoms with Gasteiger partial charge in [-0.2, -0.15) is 0 Å². The summed E-state index contributed by atoms with van der Waals surface area (Å²) in [6, 6.07) is 0.0129. The molecule has 19 heavy (non-hydrogen) atoms. The smallest absolute Gasteiger partial charge is 0.334 e. The Hall–Kier alpha value is -1.34. The number of likely N-dealkylation sites (tertiary alicyclic amines) is 1. The summed E-state index contributed by atoms with van der Waals surface area (Å²) >= 11 is 0. The van der Waals surface area contributed by atoms with Crippen LogP contribution in [0.5, 0.6) is 0 Å². The van der Waals surface area contributed by atoms with Crippen molar-refractivity contribution in [2.75, 3.05) is 39.8 Å². The number of carbonyl (C=O) groups is 2. The first kappa shape index (κ1) is 14.1. The minimum absolute atomic E-state index is 0.119. The van der Waals surface area contributed by atoms with Crippen LogP contribution >= 0.6 is 0 Å². The van der Waals surface area contributed by atoms with Crippen molar-refractivity contribution in [3.05, 3.63) is 0 Å². The highest BCUT2D eigenvalue weighted by Gasteiger charge is 2.30. The Labute approximate surface area is 112 Å². The van der Waals surface area contributed by atoms with Gasteiger partial charge in [-0.1, -0.05) is 0 Å². The van der Waals surface area contributed by atoms with Gasteiger partial charge in [0.15, 0.2) is 6.10 Å². The third kappa shape index (κ3) is 3.81. The SMILES string of the molecule is CN1CCC(NC(=O)N2CCOC(C(=O)O)C2)CC1. The van der Waals surface area contributed by atoms with Crippen LogP contribution in [0, 0.1) is 0 Å². The Balaban J connectivity index is 1.80. The molecule has 7 heteroatoms. The number of ether oxygens (including phenoxy) is 1. The molecule has 0 aromatic carbocycles. The van der Waals surface area contributed by atoms with Gasteiger partial charge in [-0.05, 0) is 33.0 Å². The Bertz CT molecular complexity index is 342. The van der Waals surface area contributed by atoms with Crippen molar-refractivity contribution in [2.45, 2.75) is 25.0 Å². The number of nitrogens with zero attached hydrogens (tertiary/aromatic N) is 2. The van der Waals surface area contributed by atoms with E-state index in [1.54, 1.807) is 0 Å². The lowest BCUT2D eigenvalue weighted by Crippen LogP contribution is -2.54. The molecule has 2 saturated heterocycles. The number of nitrogens with one attached hydrogen (secondary N) is 1. The summed E-state index contributed by atoms with van der Waals surface area (Å²) in [7, 11) is 2.07. The van der Waals surface area contributed by atoms with Gasteiger partial charge in [-0.15, -0.1) is 0 Å². The van der Waals surface area contributed by atoms with Crippen molar-refractivity contribution in [3.63, 3.8) is 0 Å². The van der Waals surface area contributed by atoms with E-state index in [1.165, 1.54) is 4.90 Å². The van der Waals surface area contributed by atoms with Gasteiger partial charge >= 0.3 is 12.0 Å². The monoisotopic (exact) mass is 271 g/mol. The Morgan fingerprint density at radius 2 is 1.95 bits per heavy atom. The van der Waals surface area contributed by atoms with E-state index in [0.29, 0.717) is 6.54 Å². The van der Waals surface area contributed by atoms with Crippen LogP contribution < -0.4 is 5.32 Å². The van der Waals surface area contributed by atoms with Gasteiger partial charge in [0.05, 0.1) is 13.2 Å². The Morgan fingerprint density at radius 1 is 1.26 bits per heavy atom. The fourth-order valence-electron chi connectivity index (χ4n) is 2.40. The van der Waals surface area contributed by atoms with Crippen molar-refractivity contribution in [3.8, 4) is 0 Å². The topological polar surface area (TPSA) is 82.1 Å². The lowest BCUT2D eigenvalue weighted by atomic mass is 10.1. The predicted octanol–water partition coefficient (Wildman–Crippen LogP) is -0.424. The van der Waals surface area contributed by atoms with Gasteiger partial charge < -0.3 is 25.0 Å². The summed E-state index contributed by atoms with van der Waals surface area (Å²) in [5.41, 5.74) is 0. The average molecular weight is 271 g/mol. The van der Waals surface area contributed by atoms with E-state index >= 15 is 0 Å². The molecule has 0 aromatic heterocycles. The summed E-state index contributed by atoms with van der Waals surface area (Å²) in [5.74, 6) is -1.02. The molecule has 0 saturated carbocycles. The lowest BCUT2D eigenvalue weighted by Gasteiger charge is -2.34. The molecule has 0 radical (unpaired) electrons. The zero-order valence-corrected chi connectivity index (χ0v) is 11.2. The van der Waals surface area contributed by atoms with Gasteiger partial charge in [-0.25, -0.2) is 9.59 Å². The van der Waals surface area contributed by atoms with Gasteiger partial charge in [0.25, 0.3) is 0 Å². The molecule has 0 aromatic rings. The van der Waals surface area contributed by atoms with Gasteiger partial charge in [-0.3, -0.25) is 0 Å². The minimum Gasteiger partial charge on any atom is -0.479 e. The van der Waals surface area contributed by atoms with Crippen LogP contribution in [0.4, 0.5) is 4.79 Å². The van der Waals surface area contributed by atoms with E-state index in [4.69, 9.17) is 9.84 Å². The van der Waals surface area contributed by atoms with E-state index in [0.717, 1.165) is 25.9 Å². The highest BCUT2D eigenvalue weighted by atomic mass is 16.5. The first-order valence-corrected chi connectivity index (χ1v) is 6.64. The van der Waals surface area contributed by atoms with Crippen LogP contribution in [0.25, 0.3) is 0 Å². The Morgan fingerprint density at radius 3 is 2.58 bits per heavy atom. The van der Waals surface area contributed by atoms with Crippen LogP contribution in [0.3, 0.4) is 0 Å². The summed E-state index contributed by atoms with van der Waals surface area (Å²) in [6.07, 6.45) is 0.973. The van der Waals surface area contributed by atoms with Crippen molar-refractivity contribution in [1.82, 2.24) is 15.1 Å². The first-order valence-electron chi connectivity index (χ1n) is 6.64. The van der Waals surface area contributed by atoms with E-state index < -0.39 is 12.1 Å². The quantitative estimate of drug-likeness (QED) is 0.712. The van der Waals surface area contributed by atoms with Crippen molar-refractivity contribution < 1.29 is 19.4 Å². The van der Waals surface area contributed by atoms with Crippen LogP contribution in [0.15, 0.2) is 0 Å². The van der Waals surface area contributed by atoms with E-state index in [-0.39, 0.29) is 25.2 Å². The molecule has 0 bridgehead atoms. The van der Waals surface area contributed by atoms with Crippen LogP contribution in [0.1, 0.15) is 12.8 Å². The molecule has 2 amide bonds. The van der Waals surface area contributed by atoms with Crippen molar-refractivity contribution in [2.24, 2.45) is 0 Å². The Kier molecular flexibility index (Phi) is 4.60. The third-order valence-electron chi connectivity index (χ3n) is 3.68. The molecule has 2 aliphatic heterocycles. The fourth-order valence-corrected chi connectivity index (χ4v) is 2.40. The second-order valence-electron chi connectivity index (χ2n) is 5.17. The second kappa shape index (κ2) is 6.21. The van der Waals surface area contributed by atoms with Crippen molar-refractivity contribution >= 4 is 12.0 Å². The molecule has 7 nitrogen and oxygen atoms in total. The second-order valence-corrected chi connectivity index (χ2v) is 5.17. The maximum absolute atomic E-state index is 12.1. The number of hydrogen-bond acceptors (Lipinski definition) is 4. The van der Waals surface area contributed by atoms with Crippen LogP contribution in [-0.4, -0.2) is 78.9 Å². The lowest BCUT2D eigenvalue weighted by molar-refractivity contribution is -0.154. The molecule has 1 atom stereocenters. The van der Waals surface area contributed by atoms with Gasteiger partial charge in [0.2, 0.25) is 0 Å². The number of carbonyl (C=O) groups excluding carboxylic acids is 1. The molecular formula is C12H21N3O4. The zero-order valence-electron chi connectivity index (χ0n) is 11.2. The molecule has 2 rings (SSSR count). The van der Waals surface area contributed by atoms with Crippen molar-refractivity contribution in [1.29, 1.82) is 0 Å². The molecule has 2 N–H and O–H groups in total.